The van der Waals surface area contributed by atoms with E-state index in [1.165, 1.54) is 4.90 Å². The number of rotatable bonds is 12. The summed E-state index contributed by atoms with van der Waals surface area (Å²) in [5.74, 6) is -0.524. The number of carbonyl (C=O) groups is 2. The molecule has 0 saturated carbocycles. The smallest absolute Gasteiger partial charge is 0.244 e. The number of hydrogen-bond donors (Lipinski definition) is 1. The van der Waals surface area contributed by atoms with Crippen molar-refractivity contribution < 1.29 is 18.0 Å². The number of nitrogens with one attached hydrogen (secondary N) is 1. The lowest BCUT2D eigenvalue weighted by molar-refractivity contribution is -0.140. The molecule has 0 spiro atoms. The number of anilines is 1. The van der Waals surface area contributed by atoms with Crippen LogP contribution in [-0.2, 0) is 32.6 Å². The fraction of sp³-hybridized carbons (Fsp3) is 0.355. The predicted molar refractivity (Wildman–Crippen MR) is 165 cm³/mol. The maximum absolute atomic E-state index is 14.1. The Hall–Kier alpha value is -3.17. The summed E-state index contributed by atoms with van der Waals surface area (Å²) < 4.78 is 27.9. The van der Waals surface area contributed by atoms with Crippen LogP contribution in [-0.4, -0.2) is 50.5 Å². The number of aryl methyl sites for hydroxylation is 2. The van der Waals surface area contributed by atoms with E-state index < -0.39 is 28.5 Å². The molecule has 0 aliphatic heterocycles. The van der Waals surface area contributed by atoms with Crippen molar-refractivity contribution in [1.82, 2.24) is 10.2 Å². The van der Waals surface area contributed by atoms with E-state index in [-0.39, 0.29) is 24.8 Å². The van der Waals surface area contributed by atoms with Crippen LogP contribution in [0, 0.1) is 19.8 Å². The van der Waals surface area contributed by atoms with Crippen LogP contribution >= 0.6 is 15.9 Å². The first kappa shape index (κ1) is 31.4. The Morgan fingerprint density at radius 1 is 0.900 bits per heavy atom. The lowest BCUT2D eigenvalue weighted by atomic mass is 10.0. The Labute approximate surface area is 246 Å². The van der Waals surface area contributed by atoms with Crippen LogP contribution in [0.5, 0.6) is 0 Å². The molecule has 2 amide bonds. The quantitative estimate of drug-likeness (QED) is 0.297. The minimum Gasteiger partial charge on any atom is -0.354 e. The van der Waals surface area contributed by atoms with Crippen LogP contribution < -0.4 is 9.62 Å². The van der Waals surface area contributed by atoms with Crippen LogP contribution in [0.25, 0.3) is 0 Å². The number of nitrogens with zero attached hydrogens (tertiary/aromatic N) is 2. The number of benzene rings is 3. The number of halogens is 1. The Morgan fingerprint density at radius 2 is 1.52 bits per heavy atom. The van der Waals surface area contributed by atoms with Gasteiger partial charge in [-0.1, -0.05) is 78.3 Å². The van der Waals surface area contributed by atoms with Crippen LogP contribution in [0.1, 0.15) is 36.1 Å². The summed E-state index contributed by atoms with van der Waals surface area (Å²) in [6, 6.07) is 21.6. The summed E-state index contributed by atoms with van der Waals surface area (Å²) in [7, 11) is -3.81. The van der Waals surface area contributed by atoms with Crippen molar-refractivity contribution in [1.29, 1.82) is 0 Å². The minimum atomic E-state index is -3.81. The standard InChI is InChI=1S/C31H38BrN3O4S/c1-22(2)19-33-31(37)29(18-25-10-7-6-8-11-25)34(20-26-12-9-13-27(32)17-26)30(36)21-35(40(5,38)39)28-15-23(3)14-24(4)16-28/h6-17,22,29H,18-21H2,1-5H3,(H,33,37)/t29-/m1/s1. The van der Waals surface area contributed by atoms with Gasteiger partial charge in [0.25, 0.3) is 0 Å². The number of carbonyl (C=O) groups excluding carboxylic acids is 2. The molecule has 3 rings (SSSR count). The molecule has 3 aromatic carbocycles. The molecule has 0 bridgehead atoms. The van der Waals surface area contributed by atoms with Crippen LogP contribution in [0.15, 0.2) is 77.3 Å². The molecule has 0 radical (unpaired) electrons. The fourth-order valence-electron chi connectivity index (χ4n) is 4.52. The molecule has 3 aromatic rings. The van der Waals surface area contributed by atoms with Crippen molar-refractivity contribution in [3.63, 3.8) is 0 Å². The molecule has 0 unspecified atom stereocenters. The lowest BCUT2D eigenvalue weighted by Gasteiger charge is -2.33. The van der Waals surface area contributed by atoms with Crippen molar-refractivity contribution in [2.24, 2.45) is 5.92 Å². The Bertz CT molecular complexity index is 1410. The summed E-state index contributed by atoms with van der Waals surface area (Å²) in [5.41, 5.74) is 3.90. The van der Waals surface area contributed by atoms with Crippen LogP contribution in [0.2, 0.25) is 0 Å². The summed E-state index contributed by atoms with van der Waals surface area (Å²) in [6.45, 7) is 7.94. The monoisotopic (exact) mass is 627 g/mol. The third-order valence-corrected chi connectivity index (χ3v) is 8.01. The summed E-state index contributed by atoms with van der Waals surface area (Å²) in [4.78, 5) is 29.3. The lowest BCUT2D eigenvalue weighted by Crippen LogP contribution is -2.53. The van der Waals surface area contributed by atoms with E-state index in [1.807, 2.05) is 88.4 Å². The third kappa shape index (κ3) is 9.20. The van der Waals surface area contributed by atoms with Gasteiger partial charge < -0.3 is 10.2 Å². The minimum absolute atomic E-state index is 0.134. The second-order valence-electron chi connectivity index (χ2n) is 10.6. The molecule has 0 aliphatic rings. The number of amides is 2. The van der Waals surface area contributed by atoms with E-state index in [0.717, 1.165) is 37.3 Å². The second kappa shape index (κ2) is 13.9. The van der Waals surface area contributed by atoms with E-state index in [9.17, 15) is 18.0 Å². The van der Waals surface area contributed by atoms with Crippen LogP contribution in [0.3, 0.4) is 0 Å². The number of sulfonamides is 1. The fourth-order valence-corrected chi connectivity index (χ4v) is 5.80. The van der Waals surface area contributed by atoms with Gasteiger partial charge in [0, 0.05) is 24.0 Å². The van der Waals surface area contributed by atoms with Crippen molar-refractivity contribution in [2.45, 2.75) is 46.7 Å². The van der Waals surface area contributed by atoms with E-state index in [0.29, 0.717) is 12.2 Å². The molecule has 7 nitrogen and oxygen atoms in total. The normalized spacial score (nSPS) is 12.2. The van der Waals surface area contributed by atoms with E-state index >= 15 is 0 Å². The average Bonchev–Trinajstić information content (AvgIpc) is 2.87. The zero-order chi connectivity index (χ0) is 29.4. The van der Waals surface area contributed by atoms with E-state index in [4.69, 9.17) is 0 Å². The first-order valence-corrected chi connectivity index (χ1v) is 15.9. The molecule has 0 heterocycles. The molecule has 1 atom stereocenters. The highest BCUT2D eigenvalue weighted by Crippen LogP contribution is 2.23. The molecular weight excluding hydrogens is 590 g/mol. The van der Waals surface area contributed by atoms with Crippen molar-refractivity contribution in [2.75, 3.05) is 23.7 Å². The average molecular weight is 629 g/mol. The van der Waals surface area contributed by atoms with Crippen molar-refractivity contribution in [3.8, 4) is 0 Å². The molecule has 0 aromatic heterocycles. The Balaban J connectivity index is 2.06. The molecule has 1 N–H and O–H groups in total. The number of hydrogen-bond acceptors (Lipinski definition) is 4. The molecule has 40 heavy (non-hydrogen) atoms. The first-order valence-electron chi connectivity index (χ1n) is 13.2. The molecule has 0 saturated heterocycles. The topological polar surface area (TPSA) is 86.8 Å². The van der Waals surface area contributed by atoms with Crippen LogP contribution in [0.4, 0.5) is 5.69 Å². The van der Waals surface area contributed by atoms with Gasteiger partial charge in [-0.15, -0.1) is 0 Å². The summed E-state index contributed by atoms with van der Waals surface area (Å²) in [5, 5.41) is 2.99. The molecule has 9 heteroatoms. The Kier molecular flexibility index (Phi) is 10.9. The highest BCUT2D eigenvalue weighted by Gasteiger charge is 2.33. The SMILES string of the molecule is Cc1cc(C)cc(N(CC(=O)N(Cc2cccc(Br)c2)[C@H](Cc2ccccc2)C(=O)NCC(C)C)S(C)(=O)=O)c1. The van der Waals surface area contributed by atoms with E-state index in [1.54, 1.807) is 12.1 Å². The van der Waals surface area contributed by atoms with Gasteiger partial charge in [-0.05, 0) is 66.3 Å². The van der Waals surface area contributed by atoms with Gasteiger partial charge in [-0.25, -0.2) is 8.42 Å². The van der Waals surface area contributed by atoms with Gasteiger partial charge in [0.15, 0.2) is 0 Å². The van der Waals surface area contributed by atoms with Crippen molar-refractivity contribution in [3.05, 3.63) is 99.5 Å². The van der Waals surface area contributed by atoms with Gasteiger partial charge in [0.2, 0.25) is 21.8 Å². The predicted octanol–water partition coefficient (Wildman–Crippen LogP) is 5.24. The third-order valence-electron chi connectivity index (χ3n) is 6.37. The van der Waals surface area contributed by atoms with Gasteiger partial charge in [-0.2, -0.15) is 0 Å². The summed E-state index contributed by atoms with van der Waals surface area (Å²) in [6.07, 6.45) is 1.38. The molecular formula is C31H38BrN3O4S. The highest BCUT2D eigenvalue weighted by atomic mass is 79.9. The zero-order valence-corrected chi connectivity index (χ0v) is 26.1. The first-order chi connectivity index (χ1) is 18.8. The summed E-state index contributed by atoms with van der Waals surface area (Å²) >= 11 is 3.49. The zero-order valence-electron chi connectivity index (χ0n) is 23.7. The largest absolute Gasteiger partial charge is 0.354 e. The molecule has 214 valence electrons. The molecule has 0 aliphatic carbocycles. The van der Waals surface area contributed by atoms with Gasteiger partial charge in [0.05, 0.1) is 11.9 Å². The van der Waals surface area contributed by atoms with Gasteiger partial charge >= 0.3 is 0 Å². The maximum atomic E-state index is 14.1. The Morgan fingerprint density at radius 3 is 2.10 bits per heavy atom. The van der Waals surface area contributed by atoms with E-state index in [2.05, 4.69) is 21.2 Å². The second-order valence-corrected chi connectivity index (χ2v) is 13.4. The maximum Gasteiger partial charge on any atom is 0.244 e. The van der Waals surface area contributed by atoms with Gasteiger partial charge in [0.1, 0.15) is 12.6 Å². The molecule has 0 fully saturated rings. The van der Waals surface area contributed by atoms with Crippen molar-refractivity contribution >= 4 is 43.5 Å². The van der Waals surface area contributed by atoms with Gasteiger partial charge in [-0.3, -0.25) is 13.9 Å². The highest BCUT2D eigenvalue weighted by molar-refractivity contribution is 9.10.